The second-order valence-electron chi connectivity index (χ2n) is 16.4. The van der Waals surface area contributed by atoms with E-state index < -0.39 is 151 Å². The van der Waals surface area contributed by atoms with Crippen molar-refractivity contribution in [3.63, 3.8) is 0 Å². The summed E-state index contributed by atoms with van der Waals surface area (Å²) in [5, 5.41) is 72.7. The number of unbranched alkanes of at least 4 members (excludes halogenated alkanes) is 2. The molecule has 0 fully saturated rings. The molecule has 8 atom stereocenters. The number of amides is 7. The van der Waals surface area contributed by atoms with Crippen LogP contribution in [0.2, 0.25) is 0 Å². The molecule has 0 saturated heterocycles. The van der Waals surface area contributed by atoms with Crippen molar-refractivity contribution >= 4 is 71.2 Å². The quantitative estimate of drug-likeness (QED) is 0.0290. The van der Waals surface area contributed by atoms with Gasteiger partial charge in [0.2, 0.25) is 41.4 Å². The van der Waals surface area contributed by atoms with Crippen molar-refractivity contribution in [3.8, 4) is 5.75 Å². The molecule has 0 aliphatic carbocycles. The fraction of sp³-hybridized carbons (Fsp3) is 0.571. The van der Waals surface area contributed by atoms with Crippen LogP contribution in [0.25, 0.3) is 0 Å². The summed E-state index contributed by atoms with van der Waals surface area (Å²) in [6.07, 6.45) is -3.65. The first-order valence-corrected chi connectivity index (χ1v) is 22.0. The number of carbonyl (C=O) groups excluding carboxylic acids is 7. The molecule has 390 valence electrons. The van der Waals surface area contributed by atoms with E-state index in [-0.39, 0.29) is 50.9 Å². The van der Waals surface area contributed by atoms with E-state index in [1.807, 2.05) is 5.32 Å². The number of aromatic hydroxyl groups is 1. The molecule has 0 saturated carbocycles. The van der Waals surface area contributed by atoms with Crippen molar-refractivity contribution in [3.05, 3.63) is 29.8 Å². The highest BCUT2D eigenvalue weighted by molar-refractivity contribution is 6.00. The van der Waals surface area contributed by atoms with E-state index >= 15 is 0 Å². The summed E-state index contributed by atoms with van der Waals surface area (Å²) in [6.45, 7) is 3.13. The van der Waals surface area contributed by atoms with Gasteiger partial charge in [0.15, 0.2) is 0 Å². The van der Waals surface area contributed by atoms with Crippen molar-refractivity contribution in [1.82, 2.24) is 37.2 Å². The molecule has 28 heteroatoms. The largest absolute Gasteiger partial charge is 0.508 e. The number of phenols is 1. The zero-order valence-electron chi connectivity index (χ0n) is 38.5. The van der Waals surface area contributed by atoms with Crippen LogP contribution in [0, 0.1) is 5.92 Å². The maximum absolute atomic E-state index is 13.8. The highest BCUT2D eigenvalue weighted by Gasteiger charge is 2.37. The third kappa shape index (κ3) is 23.0. The average molecular weight is 997 g/mol. The lowest BCUT2D eigenvalue weighted by Crippen LogP contribution is -2.61. The first-order valence-electron chi connectivity index (χ1n) is 22.0. The summed E-state index contributed by atoms with van der Waals surface area (Å²) in [6, 6.07) is -8.58. The number of hydrogen-bond acceptors (Lipinski definition) is 16. The van der Waals surface area contributed by atoms with E-state index in [2.05, 4.69) is 31.9 Å². The second kappa shape index (κ2) is 30.8. The van der Waals surface area contributed by atoms with E-state index in [9.17, 15) is 83.1 Å². The van der Waals surface area contributed by atoms with Gasteiger partial charge in [-0.15, -0.1) is 0 Å². The van der Waals surface area contributed by atoms with Crippen LogP contribution >= 0.6 is 0 Å². The fourth-order valence-corrected chi connectivity index (χ4v) is 6.44. The molecule has 0 aromatic heterocycles. The topological polar surface area (TPSA) is 488 Å². The molecule has 0 bridgehead atoms. The monoisotopic (exact) mass is 996 g/mol. The Morgan fingerprint density at radius 3 is 1.23 bits per heavy atom. The minimum absolute atomic E-state index is 0.0879. The van der Waals surface area contributed by atoms with Crippen LogP contribution in [0.15, 0.2) is 24.3 Å². The van der Waals surface area contributed by atoms with Gasteiger partial charge in [-0.2, -0.15) is 0 Å². The molecule has 0 radical (unpaired) electrons. The van der Waals surface area contributed by atoms with E-state index in [1.165, 1.54) is 38.1 Å². The molecular weight excluding hydrogens is 933 g/mol. The number of phenolic OH excluding ortho intramolecular Hbond substituents is 1. The Balaban J connectivity index is 3.45. The Kier molecular flexibility index (Phi) is 26.7. The Bertz CT molecular complexity index is 2020. The molecule has 28 nitrogen and oxygen atoms in total. The van der Waals surface area contributed by atoms with Crippen molar-refractivity contribution in [2.75, 3.05) is 13.1 Å². The van der Waals surface area contributed by atoms with Gasteiger partial charge in [0.1, 0.15) is 48.0 Å². The van der Waals surface area contributed by atoms with E-state index in [1.54, 1.807) is 0 Å². The standard InChI is InChI=1S/C42H64N10O18/c1-20(2)34(41(68)51-28(18-32(58)59)38(65)47-25(42(69)70)8-4-6-14-44)52-40(67)29(19-33(60)61)50-39(66)27(17-31(56)57)49-36(63)24(7-3-5-13-43)46-37(64)26(15-21-9-11-22(53)12-10-21)48-35(62)23(45)16-30(54)55/h9-12,20,23-29,34,53H,3-8,13-19,43-45H2,1-2H3,(H,46,64)(H,47,65)(H,48,62)(H,49,63)(H,50,66)(H,51,68)(H,52,67)(H,54,55)(H,56,57)(H,58,59)(H,60,61)(H,69,70)/t23-,24-,25-,26-,27-,28-,29-,34-/m0/s1. The molecule has 1 rings (SSSR count). The molecule has 7 amide bonds. The van der Waals surface area contributed by atoms with Crippen LogP contribution in [0.1, 0.15) is 83.6 Å². The predicted molar refractivity (Wildman–Crippen MR) is 241 cm³/mol. The van der Waals surface area contributed by atoms with Crippen molar-refractivity contribution in [2.24, 2.45) is 23.1 Å². The summed E-state index contributed by atoms with van der Waals surface area (Å²) in [5.41, 5.74) is 17.1. The Morgan fingerprint density at radius 2 is 0.814 bits per heavy atom. The third-order valence-electron chi connectivity index (χ3n) is 10.2. The number of nitrogens with two attached hydrogens (primary N) is 3. The lowest BCUT2D eigenvalue weighted by Gasteiger charge is -2.28. The first-order chi connectivity index (χ1) is 32.8. The normalized spacial score (nSPS) is 14.4. The summed E-state index contributed by atoms with van der Waals surface area (Å²) in [4.78, 5) is 153. The third-order valence-corrected chi connectivity index (χ3v) is 10.2. The number of nitrogens with one attached hydrogen (secondary N) is 7. The van der Waals surface area contributed by atoms with Crippen molar-refractivity contribution in [1.29, 1.82) is 0 Å². The summed E-state index contributed by atoms with van der Waals surface area (Å²) < 4.78 is 0. The number of rotatable bonds is 34. The Hall–Kier alpha value is -7.46. The molecule has 0 heterocycles. The summed E-state index contributed by atoms with van der Waals surface area (Å²) >= 11 is 0. The van der Waals surface area contributed by atoms with Crippen LogP contribution in [0.4, 0.5) is 0 Å². The van der Waals surface area contributed by atoms with Gasteiger partial charge < -0.3 is 85.1 Å². The average Bonchev–Trinajstić information content (AvgIpc) is 3.26. The van der Waals surface area contributed by atoms with Gasteiger partial charge in [-0.25, -0.2) is 4.79 Å². The molecule has 1 aromatic carbocycles. The van der Waals surface area contributed by atoms with Crippen molar-refractivity contribution in [2.45, 2.75) is 133 Å². The second-order valence-corrected chi connectivity index (χ2v) is 16.4. The lowest BCUT2D eigenvalue weighted by atomic mass is 10.0. The predicted octanol–water partition coefficient (Wildman–Crippen LogP) is -4.45. The number of carboxylic acids is 5. The lowest BCUT2D eigenvalue weighted by molar-refractivity contribution is -0.144. The minimum atomic E-state index is -2.09. The molecule has 1 aromatic rings. The van der Waals surface area contributed by atoms with E-state index in [0.29, 0.717) is 18.4 Å². The first kappa shape index (κ1) is 60.6. The van der Waals surface area contributed by atoms with Gasteiger partial charge in [0.05, 0.1) is 31.7 Å². The van der Waals surface area contributed by atoms with Gasteiger partial charge in [-0.1, -0.05) is 26.0 Å². The zero-order valence-corrected chi connectivity index (χ0v) is 38.5. The molecular formula is C42H64N10O18. The SMILES string of the molecule is CC(C)[C@H](NC(=O)[C@H](CC(=O)O)NC(=O)[C@H](CC(=O)O)NC(=O)[C@H](CCCCN)NC(=O)[C@H](Cc1ccc(O)cc1)NC(=O)[C@@H](N)CC(=O)O)C(=O)N[C@@H](CC(=O)O)C(=O)N[C@@H](CCCCN)C(=O)O. The minimum Gasteiger partial charge on any atom is -0.508 e. The Morgan fingerprint density at radius 1 is 0.457 bits per heavy atom. The maximum Gasteiger partial charge on any atom is 0.326 e. The highest BCUT2D eigenvalue weighted by atomic mass is 16.4. The van der Waals surface area contributed by atoms with Crippen LogP contribution in [-0.2, 0) is 64.0 Å². The number of aliphatic carboxylic acids is 5. The van der Waals surface area contributed by atoms with Crippen LogP contribution in [-0.4, -0.2) is 163 Å². The van der Waals surface area contributed by atoms with Crippen LogP contribution in [0.5, 0.6) is 5.75 Å². The van der Waals surface area contributed by atoms with Gasteiger partial charge in [-0.05, 0) is 75.2 Å². The Labute approximate surface area is 400 Å². The van der Waals surface area contributed by atoms with Gasteiger partial charge in [0, 0.05) is 6.42 Å². The molecule has 0 aliphatic heterocycles. The smallest absolute Gasteiger partial charge is 0.326 e. The highest BCUT2D eigenvalue weighted by Crippen LogP contribution is 2.13. The molecule has 0 spiro atoms. The molecule has 0 aliphatic rings. The summed E-state index contributed by atoms with van der Waals surface area (Å²) in [5.74, 6) is -17.3. The summed E-state index contributed by atoms with van der Waals surface area (Å²) in [7, 11) is 0. The zero-order chi connectivity index (χ0) is 53.2. The van der Waals surface area contributed by atoms with Crippen molar-refractivity contribution < 1.29 is 88.2 Å². The van der Waals surface area contributed by atoms with Crippen LogP contribution in [0.3, 0.4) is 0 Å². The van der Waals surface area contributed by atoms with Gasteiger partial charge >= 0.3 is 29.8 Å². The number of carboxylic acid groups (broad SMARTS) is 5. The molecule has 70 heavy (non-hydrogen) atoms. The van der Waals surface area contributed by atoms with Gasteiger partial charge in [-0.3, -0.25) is 52.7 Å². The number of hydrogen-bond donors (Lipinski definition) is 16. The number of benzene rings is 1. The van der Waals surface area contributed by atoms with E-state index in [0.717, 1.165) is 0 Å². The van der Waals surface area contributed by atoms with E-state index in [4.69, 9.17) is 22.3 Å². The molecule has 0 unspecified atom stereocenters. The van der Waals surface area contributed by atoms with Crippen LogP contribution < -0.4 is 54.4 Å². The molecule has 19 N–H and O–H groups in total. The maximum atomic E-state index is 13.8. The van der Waals surface area contributed by atoms with Gasteiger partial charge in [0.25, 0.3) is 0 Å². The fourth-order valence-electron chi connectivity index (χ4n) is 6.44. The number of carbonyl (C=O) groups is 12.